The van der Waals surface area contributed by atoms with Gasteiger partial charge in [-0.05, 0) is 30.2 Å². The highest BCUT2D eigenvalue weighted by molar-refractivity contribution is 5.94. The first-order chi connectivity index (χ1) is 13.5. The molecule has 0 saturated heterocycles. The fourth-order valence-electron chi connectivity index (χ4n) is 2.95. The maximum Gasteiger partial charge on any atom is 0.241 e. The third kappa shape index (κ3) is 7.15. The molecule has 8 heteroatoms. The Morgan fingerprint density at radius 3 is 2.60 bits per heavy atom. The molecule has 6 nitrogen and oxygen atoms in total. The smallest absolute Gasteiger partial charge is 0.241 e. The molecular formula is C22H28Cl2N4O2. The predicted octanol–water partition coefficient (Wildman–Crippen LogP) is 3.99. The molecule has 2 aromatic carbocycles. The van der Waals surface area contributed by atoms with E-state index in [-0.39, 0.29) is 36.8 Å². The Balaban J connectivity index is 0.00000225. The summed E-state index contributed by atoms with van der Waals surface area (Å²) in [6.07, 6.45) is 4.03. The fourth-order valence-corrected chi connectivity index (χ4v) is 2.95. The normalized spacial score (nSPS) is 12.2. The lowest BCUT2D eigenvalue weighted by molar-refractivity contribution is -0.117. The van der Waals surface area contributed by atoms with Gasteiger partial charge in [-0.2, -0.15) is 0 Å². The van der Waals surface area contributed by atoms with Crippen molar-refractivity contribution >= 4 is 36.4 Å². The van der Waals surface area contributed by atoms with Crippen molar-refractivity contribution in [2.75, 3.05) is 12.4 Å². The van der Waals surface area contributed by atoms with Gasteiger partial charge in [0.25, 0.3) is 0 Å². The zero-order valence-electron chi connectivity index (χ0n) is 17.0. The number of amides is 1. The van der Waals surface area contributed by atoms with Gasteiger partial charge in [-0.15, -0.1) is 24.8 Å². The van der Waals surface area contributed by atoms with E-state index in [2.05, 4.69) is 22.4 Å². The summed E-state index contributed by atoms with van der Waals surface area (Å²) in [6.45, 7) is 2.69. The summed E-state index contributed by atoms with van der Waals surface area (Å²) in [5.74, 6) is -0.236. The molecule has 1 amide bonds. The molecule has 0 aliphatic rings. The summed E-state index contributed by atoms with van der Waals surface area (Å²) in [7, 11) is 1.66. The van der Waals surface area contributed by atoms with Crippen LogP contribution < -0.4 is 11.1 Å². The van der Waals surface area contributed by atoms with Gasteiger partial charge in [0.15, 0.2) is 0 Å². The standard InChI is InChI=1S/C22H26N4O2.2ClH/c1-16(28-2)18-9-6-10-19(11-18)25-22(27)21(23)12-20-14-26(15-24-20)13-17-7-4-3-5-8-17;;/h3-11,14-16,21H,12-13,23H2,1-2H3,(H,25,27);2*1H/t16?,21-;;/m0../s1. The van der Waals surface area contributed by atoms with E-state index in [1.807, 2.05) is 60.2 Å². The molecule has 0 aliphatic heterocycles. The molecule has 0 aliphatic carbocycles. The molecule has 0 bridgehead atoms. The highest BCUT2D eigenvalue weighted by Gasteiger charge is 2.16. The Bertz CT molecular complexity index is 918. The number of nitrogens with one attached hydrogen (secondary N) is 1. The predicted molar refractivity (Wildman–Crippen MR) is 124 cm³/mol. The van der Waals surface area contributed by atoms with Gasteiger partial charge in [0.05, 0.1) is 24.2 Å². The van der Waals surface area contributed by atoms with E-state index in [0.717, 1.165) is 17.8 Å². The monoisotopic (exact) mass is 450 g/mol. The van der Waals surface area contributed by atoms with E-state index in [1.165, 1.54) is 5.56 Å². The number of aromatic nitrogens is 2. The second-order valence-corrected chi connectivity index (χ2v) is 6.83. The summed E-state index contributed by atoms with van der Waals surface area (Å²) in [6, 6.07) is 17.1. The summed E-state index contributed by atoms with van der Waals surface area (Å²) in [4.78, 5) is 16.8. The van der Waals surface area contributed by atoms with Crippen molar-refractivity contribution in [3.63, 3.8) is 0 Å². The van der Waals surface area contributed by atoms with Gasteiger partial charge in [0.1, 0.15) is 0 Å². The number of carbonyl (C=O) groups is 1. The Labute approximate surface area is 189 Å². The van der Waals surface area contributed by atoms with Crippen LogP contribution in [0.3, 0.4) is 0 Å². The molecule has 3 rings (SSSR count). The number of methoxy groups -OCH3 is 1. The second kappa shape index (κ2) is 12.3. The molecule has 0 fully saturated rings. The van der Waals surface area contributed by atoms with E-state index in [1.54, 1.807) is 13.4 Å². The number of nitrogens with two attached hydrogens (primary N) is 1. The lowest BCUT2D eigenvalue weighted by Gasteiger charge is -2.14. The summed E-state index contributed by atoms with van der Waals surface area (Å²) in [5, 5.41) is 2.87. The Morgan fingerprint density at radius 1 is 1.17 bits per heavy atom. The second-order valence-electron chi connectivity index (χ2n) is 6.83. The first-order valence-electron chi connectivity index (χ1n) is 9.29. The quantitative estimate of drug-likeness (QED) is 0.543. The lowest BCUT2D eigenvalue weighted by Crippen LogP contribution is -2.37. The van der Waals surface area contributed by atoms with Crippen molar-refractivity contribution in [1.82, 2.24) is 9.55 Å². The molecule has 162 valence electrons. The molecule has 1 unspecified atom stereocenters. The molecule has 1 heterocycles. The molecule has 3 N–H and O–H groups in total. The van der Waals surface area contributed by atoms with E-state index >= 15 is 0 Å². The average Bonchev–Trinajstić information content (AvgIpc) is 3.15. The molecular weight excluding hydrogens is 423 g/mol. The number of hydrogen-bond donors (Lipinski definition) is 2. The minimum absolute atomic E-state index is 0. The van der Waals surface area contributed by atoms with E-state index in [4.69, 9.17) is 10.5 Å². The van der Waals surface area contributed by atoms with E-state index in [9.17, 15) is 4.79 Å². The molecule has 0 saturated carbocycles. The first-order valence-corrected chi connectivity index (χ1v) is 9.29. The van der Waals surface area contributed by atoms with Crippen LogP contribution in [0.25, 0.3) is 0 Å². The summed E-state index contributed by atoms with van der Waals surface area (Å²) in [5.41, 5.74) is 9.78. The number of imidazole rings is 1. The van der Waals surface area contributed by atoms with Crippen LogP contribution in [0.1, 0.15) is 29.8 Å². The molecule has 3 aromatic rings. The van der Waals surface area contributed by atoms with Gasteiger partial charge in [0, 0.05) is 32.0 Å². The molecule has 30 heavy (non-hydrogen) atoms. The minimum atomic E-state index is -0.677. The van der Waals surface area contributed by atoms with Gasteiger partial charge in [-0.25, -0.2) is 4.98 Å². The fraction of sp³-hybridized carbons (Fsp3) is 0.273. The van der Waals surface area contributed by atoms with E-state index in [0.29, 0.717) is 12.1 Å². The Morgan fingerprint density at radius 2 is 1.90 bits per heavy atom. The van der Waals surface area contributed by atoms with Gasteiger partial charge >= 0.3 is 0 Å². The van der Waals surface area contributed by atoms with Crippen LogP contribution in [0.5, 0.6) is 0 Å². The zero-order chi connectivity index (χ0) is 19.9. The molecule has 0 spiro atoms. The van der Waals surface area contributed by atoms with Crippen LogP contribution in [-0.2, 0) is 22.5 Å². The summed E-state index contributed by atoms with van der Waals surface area (Å²) < 4.78 is 7.31. The third-order valence-electron chi connectivity index (χ3n) is 4.64. The van der Waals surface area contributed by atoms with Crippen molar-refractivity contribution in [3.8, 4) is 0 Å². The van der Waals surface area contributed by atoms with Crippen LogP contribution in [0, 0.1) is 0 Å². The van der Waals surface area contributed by atoms with Gasteiger partial charge in [-0.1, -0.05) is 42.5 Å². The Kier molecular flexibility index (Phi) is 10.6. The highest BCUT2D eigenvalue weighted by atomic mass is 35.5. The van der Waals surface area contributed by atoms with Crippen molar-refractivity contribution in [1.29, 1.82) is 0 Å². The lowest BCUT2D eigenvalue weighted by atomic mass is 10.1. The first kappa shape index (κ1) is 25.7. The molecule has 0 radical (unpaired) electrons. The zero-order valence-corrected chi connectivity index (χ0v) is 18.7. The van der Waals surface area contributed by atoms with Gasteiger partial charge < -0.3 is 20.4 Å². The SMILES string of the molecule is COC(C)c1cccc(NC(=O)[C@@H](N)Cc2cn(Cc3ccccc3)cn2)c1.Cl.Cl. The van der Waals surface area contributed by atoms with Gasteiger partial charge in [-0.3, -0.25) is 4.79 Å². The van der Waals surface area contributed by atoms with Crippen molar-refractivity contribution in [2.45, 2.75) is 32.0 Å². The molecule has 1 aromatic heterocycles. The number of carbonyl (C=O) groups excluding carboxylic acids is 1. The highest BCUT2D eigenvalue weighted by Crippen LogP contribution is 2.19. The van der Waals surface area contributed by atoms with Crippen LogP contribution in [0.4, 0.5) is 5.69 Å². The van der Waals surface area contributed by atoms with Crippen molar-refractivity contribution in [3.05, 3.63) is 83.9 Å². The number of halogens is 2. The number of ether oxygens (including phenoxy) is 1. The Hall–Kier alpha value is -2.38. The maximum atomic E-state index is 12.5. The maximum absolute atomic E-state index is 12.5. The van der Waals surface area contributed by atoms with E-state index < -0.39 is 6.04 Å². The largest absolute Gasteiger partial charge is 0.377 e. The van der Waals surface area contributed by atoms with Crippen molar-refractivity contribution < 1.29 is 9.53 Å². The molecule has 2 atom stereocenters. The summed E-state index contributed by atoms with van der Waals surface area (Å²) >= 11 is 0. The van der Waals surface area contributed by atoms with Crippen molar-refractivity contribution in [2.24, 2.45) is 5.73 Å². The topological polar surface area (TPSA) is 82.2 Å². The number of nitrogens with zero attached hydrogens (tertiary/aromatic N) is 2. The van der Waals surface area contributed by atoms with Crippen LogP contribution >= 0.6 is 24.8 Å². The minimum Gasteiger partial charge on any atom is -0.377 e. The number of benzene rings is 2. The van der Waals surface area contributed by atoms with Crippen LogP contribution in [-0.4, -0.2) is 28.6 Å². The number of hydrogen-bond acceptors (Lipinski definition) is 4. The third-order valence-corrected chi connectivity index (χ3v) is 4.64. The number of anilines is 1. The van der Waals surface area contributed by atoms with Crippen LogP contribution in [0.15, 0.2) is 67.1 Å². The number of rotatable bonds is 8. The van der Waals surface area contributed by atoms with Crippen LogP contribution in [0.2, 0.25) is 0 Å². The average molecular weight is 451 g/mol. The van der Waals surface area contributed by atoms with Gasteiger partial charge in [0.2, 0.25) is 5.91 Å².